The van der Waals surface area contributed by atoms with Gasteiger partial charge in [0.2, 0.25) is 17.2 Å². The van der Waals surface area contributed by atoms with Crippen LogP contribution in [0, 0.1) is 12.3 Å². The molecule has 39 heavy (non-hydrogen) atoms. The quantitative estimate of drug-likeness (QED) is 0.0752. The number of halogens is 3. The number of hydrogen-bond donors (Lipinski definition) is 4. The molecule has 0 aliphatic carbocycles. The number of nitrogens with two attached hydrogens (primary N) is 1. The molecule has 4 aromatic rings. The number of anilines is 4. The standard InChI is InChI=1S/C26H28ClN10.2ClH/c1-16-15-20(11-14-22(16)36-35-19-7-5-17(6-8-19)23(28)29)31-26-33-24(27)32-25(34-26)30-18-9-12-21(13-10-18)37(2,3)4;;/h5-15H,1-4H3,(H3,28,29)(H2,30,31,32,33,34);2*1H/q+1;;. The molecule has 4 rings (SSSR count). The third kappa shape index (κ3) is 8.59. The first kappa shape index (κ1) is 31.4. The molecular weight excluding hydrogens is 559 g/mol. The molecular formula is C26H30Cl3N10+. The van der Waals surface area contributed by atoms with Crippen molar-refractivity contribution in [3.05, 3.63) is 83.1 Å². The van der Waals surface area contributed by atoms with Gasteiger partial charge in [-0.15, -0.1) is 24.8 Å². The summed E-state index contributed by atoms with van der Waals surface area (Å²) >= 11 is 6.16. The highest BCUT2D eigenvalue weighted by atomic mass is 35.5. The topological polar surface area (TPSA) is 137 Å². The zero-order valence-corrected chi connectivity index (χ0v) is 24.2. The number of azo groups is 1. The van der Waals surface area contributed by atoms with Crippen molar-refractivity contribution in [3.63, 3.8) is 0 Å². The molecule has 204 valence electrons. The number of aromatic nitrogens is 3. The van der Waals surface area contributed by atoms with E-state index in [2.05, 4.69) is 57.0 Å². The Balaban J connectivity index is 0.00000267. The maximum Gasteiger partial charge on any atom is 0.233 e. The van der Waals surface area contributed by atoms with E-state index in [4.69, 9.17) is 22.7 Å². The lowest BCUT2D eigenvalue weighted by atomic mass is 10.2. The summed E-state index contributed by atoms with van der Waals surface area (Å²) in [6.45, 7) is 1.94. The predicted octanol–water partition coefficient (Wildman–Crippen LogP) is 7.06. The van der Waals surface area contributed by atoms with E-state index in [0.29, 0.717) is 23.1 Å². The summed E-state index contributed by atoms with van der Waals surface area (Å²) in [5.41, 5.74) is 11.2. The summed E-state index contributed by atoms with van der Waals surface area (Å²) in [6, 6.07) is 20.7. The van der Waals surface area contributed by atoms with Crippen LogP contribution in [0.3, 0.4) is 0 Å². The first-order chi connectivity index (χ1) is 17.6. The van der Waals surface area contributed by atoms with Crippen LogP contribution in [0.1, 0.15) is 11.1 Å². The van der Waals surface area contributed by atoms with Crippen LogP contribution in [0.2, 0.25) is 5.28 Å². The lowest BCUT2D eigenvalue weighted by Crippen LogP contribution is -2.34. The first-order valence-corrected chi connectivity index (χ1v) is 11.8. The Morgan fingerprint density at radius 2 is 1.38 bits per heavy atom. The van der Waals surface area contributed by atoms with Crippen LogP contribution in [0.15, 0.2) is 77.0 Å². The number of aryl methyl sites for hydroxylation is 1. The Morgan fingerprint density at radius 3 is 1.92 bits per heavy atom. The van der Waals surface area contributed by atoms with Gasteiger partial charge in [0.1, 0.15) is 11.5 Å². The molecule has 3 aromatic carbocycles. The molecule has 0 aliphatic heterocycles. The van der Waals surface area contributed by atoms with Crippen LogP contribution in [0.5, 0.6) is 0 Å². The summed E-state index contributed by atoms with van der Waals surface area (Å²) < 4.78 is 0.722. The van der Waals surface area contributed by atoms with Crippen molar-refractivity contribution < 1.29 is 0 Å². The molecule has 0 fully saturated rings. The van der Waals surface area contributed by atoms with Crippen LogP contribution < -0.4 is 20.9 Å². The van der Waals surface area contributed by atoms with Gasteiger partial charge in [0.05, 0.1) is 32.5 Å². The zero-order valence-electron chi connectivity index (χ0n) is 21.8. The van der Waals surface area contributed by atoms with E-state index in [1.54, 1.807) is 24.3 Å². The summed E-state index contributed by atoms with van der Waals surface area (Å²) in [5.74, 6) is 0.655. The lowest BCUT2D eigenvalue weighted by Gasteiger charge is -2.23. The summed E-state index contributed by atoms with van der Waals surface area (Å²) in [4.78, 5) is 12.8. The zero-order chi connectivity index (χ0) is 26.6. The maximum atomic E-state index is 7.46. The Hall–Kier alpha value is -3.83. The van der Waals surface area contributed by atoms with Gasteiger partial charge in [-0.25, -0.2) is 0 Å². The number of quaternary nitrogens is 1. The van der Waals surface area contributed by atoms with E-state index in [1.165, 1.54) is 5.69 Å². The van der Waals surface area contributed by atoms with Crippen molar-refractivity contribution >= 4 is 82.6 Å². The number of amidine groups is 1. The Bertz CT molecular complexity index is 1450. The van der Waals surface area contributed by atoms with Crippen LogP contribution in [-0.2, 0) is 0 Å². The monoisotopic (exact) mass is 587 g/mol. The normalized spacial score (nSPS) is 10.9. The molecule has 0 saturated heterocycles. The highest BCUT2D eigenvalue weighted by Gasteiger charge is 2.12. The summed E-state index contributed by atoms with van der Waals surface area (Å²) in [7, 11) is 6.33. The second-order valence-corrected chi connectivity index (χ2v) is 9.56. The fourth-order valence-electron chi connectivity index (χ4n) is 3.38. The van der Waals surface area contributed by atoms with Gasteiger partial charge < -0.3 is 16.4 Å². The van der Waals surface area contributed by atoms with Crippen LogP contribution >= 0.6 is 36.4 Å². The minimum absolute atomic E-state index is 0. The van der Waals surface area contributed by atoms with Gasteiger partial charge >= 0.3 is 0 Å². The van der Waals surface area contributed by atoms with E-state index >= 15 is 0 Å². The van der Waals surface area contributed by atoms with Crippen molar-refractivity contribution in [3.8, 4) is 0 Å². The molecule has 0 spiro atoms. The van der Waals surface area contributed by atoms with Gasteiger partial charge in [0, 0.05) is 29.1 Å². The molecule has 10 nitrogen and oxygen atoms in total. The van der Waals surface area contributed by atoms with Gasteiger partial charge in [-0.2, -0.15) is 25.2 Å². The molecule has 5 N–H and O–H groups in total. The molecule has 13 heteroatoms. The van der Waals surface area contributed by atoms with Gasteiger partial charge in [-0.05, 0) is 78.7 Å². The van der Waals surface area contributed by atoms with Crippen molar-refractivity contribution in [1.82, 2.24) is 19.4 Å². The molecule has 0 atom stereocenters. The second-order valence-electron chi connectivity index (χ2n) is 9.22. The van der Waals surface area contributed by atoms with Gasteiger partial charge in [-0.1, -0.05) is 0 Å². The first-order valence-electron chi connectivity index (χ1n) is 11.4. The number of benzene rings is 3. The van der Waals surface area contributed by atoms with Crippen molar-refractivity contribution in [2.24, 2.45) is 16.0 Å². The summed E-state index contributed by atoms with van der Waals surface area (Å²) in [6.07, 6.45) is 0. The van der Waals surface area contributed by atoms with Crippen LogP contribution in [0.4, 0.5) is 40.3 Å². The SMILES string of the molecule is Cc1cc(Nc2nc(Cl)nc(Nc3ccc([N+](C)(C)C)cc3)n2)ccc1N=Nc1ccc(C(=N)N)cc1.Cl.Cl. The Kier molecular flexibility index (Phi) is 10.7. The number of nitrogens with zero attached hydrogens (tertiary/aromatic N) is 6. The maximum absolute atomic E-state index is 7.46. The largest absolute Gasteiger partial charge is 0.384 e. The molecule has 0 aliphatic rings. The molecule has 0 bridgehead atoms. The average molecular weight is 589 g/mol. The molecule has 0 radical (unpaired) electrons. The Morgan fingerprint density at radius 1 is 0.821 bits per heavy atom. The van der Waals surface area contributed by atoms with E-state index in [1.807, 2.05) is 49.4 Å². The highest BCUT2D eigenvalue weighted by molar-refractivity contribution is 6.28. The van der Waals surface area contributed by atoms with E-state index in [9.17, 15) is 0 Å². The van der Waals surface area contributed by atoms with Crippen molar-refractivity contribution in [2.75, 3.05) is 31.8 Å². The van der Waals surface area contributed by atoms with Crippen LogP contribution in [0.25, 0.3) is 0 Å². The predicted molar refractivity (Wildman–Crippen MR) is 165 cm³/mol. The smallest absolute Gasteiger partial charge is 0.233 e. The molecule has 1 heterocycles. The summed E-state index contributed by atoms with van der Waals surface area (Å²) in [5, 5.41) is 22.5. The van der Waals surface area contributed by atoms with Gasteiger partial charge in [-0.3, -0.25) is 9.89 Å². The lowest BCUT2D eigenvalue weighted by molar-refractivity contribution is 0.486. The van der Waals surface area contributed by atoms with E-state index < -0.39 is 0 Å². The van der Waals surface area contributed by atoms with Crippen LogP contribution in [-0.4, -0.2) is 41.9 Å². The molecule has 0 unspecified atom stereocenters. The fourth-order valence-corrected chi connectivity index (χ4v) is 3.54. The van der Waals surface area contributed by atoms with Gasteiger partial charge in [0.15, 0.2) is 0 Å². The molecule has 1 aromatic heterocycles. The Labute approximate surface area is 244 Å². The fraction of sp³-hybridized carbons (Fsp3) is 0.154. The number of hydrogen-bond acceptors (Lipinski definition) is 8. The van der Waals surface area contributed by atoms with Gasteiger partial charge in [0.25, 0.3) is 0 Å². The number of nitrogen functional groups attached to an aromatic ring is 1. The highest BCUT2D eigenvalue weighted by Crippen LogP contribution is 2.27. The second kappa shape index (κ2) is 13.3. The molecule has 0 amide bonds. The minimum Gasteiger partial charge on any atom is -0.384 e. The van der Waals surface area contributed by atoms with E-state index in [-0.39, 0.29) is 35.9 Å². The minimum atomic E-state index is 0. The van der Waals surface area contributed by atoms with Crippen molar-refractivity contribution in [2.45, 2.75) is 6.92 Å². The van der Waals surface area contributed by atoms with Crippen molar-refractivity contribution in [1.29, 1.82) is 5.41 Å². The number of rotatable bonds is 8. The number of nitrogens with one attached hydrogen (secondary N) is 3. The third-order valence-corrected chi connectivity index (χ3v) is 5.58. The average Bonchev–Trinajstić information content (AvgIpc) is 2.83. The van der Waals surface area contributed by atoms with E-state index in [0.717, 1.165) is 27.1 Å². The molecule has 0 saturated carbocycles. The third-order valence-electron chi connectivity index (χ3n) is 5.41.